The molecule has 2 heterocycles. The smallest absolute Gasteiger partial charge is 0.255 e. The highest BCUT2D eigenvalue weighted by molar-refractivity contribution is 6.04. The van der Waals surface area contributed by atoms with Crippen LogP contribution in [0.3, 0.4) is 0 Å². The molecule has 3 aromatic rings. The van der Waals surface area contributed by atoms with Gasteiger partial charge in [-0.15, -0.1) is 0 Å². The van der Waals surface area contributed by atoms with Gasteiger partial charge < -0.3 is 15.0 Å². The van der Waals surface area contributed by atoms with Crippen molar-refractivity contribution in [3.8, 4) is 5.75 Å². The van der Waals surface area contributed by atoms with Crippen LogP contribution in [0.5, 0.6) is 5.75 Å². The molecule has 1 fully saturated rings. The van der Waals surface area contributed by atoms with Gasteiger partial charge in [0.05, 0.1) is 12.2 Å². The first-order chi connectivity index (χ1) is 15.0. The zero-order chi connectivity index (χ0) is 21.8. The molecule has 2 aromatic carbocycles. The zero-order valence-corrected chi connectivity index (χ0v) is 18.5. The topological polar surface area (TPSA) is 59.4 Å². The molecule has 0 atom stereocenters. The molecule has 0 aliphatic carbocycles. The summed E-state index contributed by atoms with van der Waals surface area (Å²) in [6, 6.07) is 17.3. The maximum Gasteiger partial charge on any atom is 0.255 e. The maximum absolute atomic E-state index is 12.6. The number of carbonyl (C=O) groups is 1. The van der Waals surface area contributed by atoms with Gasteiger partial charge in [0.2, 0.25) is 0 Å². The Morgan fingerprint density at radius 3 is 2.35 bits per heavy atom. The summed E-state index contributed by atoms with van der Waals surface area (Å²) in [5.74, 6) is 0.725. The second-order valence-electron chi connectivity index (χ2n) is 8.38. The number of nitrogens with zero attached hydrogens (tertiary/aromatic N) is 3. The van der Waals surface area contributed by atoms with Crippen LogP contribution in [0.2, 0.25) is 0 Å². The van der Waals surface area contributed by atoms with Crippen molar-refractivity contribution in [3.05, 3.63) is 77.1 Å². The third-order valence-electron chi connectivity index (χ3n) is 5.73. The third kappa shape index (κ3) is 5.52. The van der Waals surface area contributed by atoms with E-state index >= 15 is 0 Å². The fourth-order valence-electron chi connectivity index (χ4n) is 3.88. The molecule has 0 unspecified atom stereocenters. The van der Waals surface area contributed by atoms with Crippen LogP contribution >= 0.6 is 0 Å². The minimum atomic E-state index is -0.123. The molecule has 1 amide bonds. The molecule has 0 saturated carbocycles. The van der Waals surface area contributed by atoms with Crippen molar-refractivity contribution in [2.75, 3.05) is 25.5 Å². The van der Waals surface area contributed by atoms with E-state index in [1.807, 2.05) is 67.1 Å². The van der Waals surface area contributed by atoms with E-state index in [4.69, 9.17) is 4.74 Å². The number of anilines is 1. The van der Waals surface area contributed by atoms with Crippen molar-refractivity contribution in [1.82, 2.24) is 14.7 Å². The number of carbonyl (C=O) groups excluding carboxylic acids is 1. The van der Waals surface area contributed by atoms with Crippen LogP contribution in [0.4, 0.5) is 5.69 Å². The fourth-order valence-corrected chi connectivity index (χ4v) is 3.88. The number of rotatable bonds is 6. The Morgan fingerprint density at radius 1 is 1.06 bits per heavy atom. The normalized spacial score (nSPS) is 15.1. The van der Waals surface area contributed by atoms with Gasteiger partial charge in [-0.2, -0.15) is 5.10 Å². The lowest BCUT2D eigenvalue weighted by Crippen LogP contribution is -2.35. The van der Waals surface area contributed by atoms with Crippen LogP contribution < -0.4 is 10.1 Å². The van der Waals surface area contributed by atoms with E-state index in [2.05, 4.69) is 28.4 Å². The van der Waals surface area contributed by atoms with Crippen LogP contribution in [0, 0.1) is 13.8 Å². The van der Waals surface area contributed by atoms with E-state index in [0.29, 0.717) is 12.1 Å². The van der Waals surface area contributed by atoms with Gasteiger partial charge in [0.25, 0.3) is 5.91 Å². The molecule has 1 saturated heterocycles. The van der Waals surface area contributed by atoms with Crippen molar-refractivity contribution < 1.29 is 9.53 Å². The van der Waals surface area contributed by atoms with Crippen LogP contribution in [0.1, 0.15) is 40.2 Å². The lowest BCUT2D eigenvalue weighted by atomic mass is 10.1. The quantitative estimate of drug-likeness (QED) is 0.649. The van der Waals surface area contributed by atoms with Gasteiger partial charge in [0.1, 0.15) is 11.9 Å². The second-order valence-corrected chi connectivity index (χ2v) is 8.38. The molecule has 6 nitrogen and oxygen atoms in total. The molecule has 0 radical (unpaired) electrons. The van der Waals surface area contributed by atoms with Gasteiger partial charge in [-0.1, -0.05) is 12.1 Å². The average molecular weight is 419 g/mol. The van der Waals surface area contributed by atoms with Gasteiger partial charge in [0.15, 0.2) is 0 Å². The van der Waals surface area contributed by atoms with Crippen molar-refractivity contribution in [2.45, 2.75) is 39.3 Å². The minimum Gasteiger partial charge on any atom is -0.490 e. The van der Waals surface area contributed by atoms with Crippen LogP contribution in [0.25, 0.3) is 0 Å². The summed E-state index contributed by atoms with van der Waals surface area (Å²) in [6.07, 6.45) is 2.36. The summed E-state index contributed by atoms with van der Waals surface area (Å²) >= 11 is 0. The summed E-state index contributed by atoms with van der Waals surface area (Å²) in [5, 5.41) is 7.45. The van der Waals surface area contributed by atoms with Gasteiger partial charge in [-0.25, -0.2) is 0 Å². The number of hydrogen-bond acceptors (Lipinski definition) is 4. The number of benzene rings is 2. The van der Waals surface area contributed by atoms with Gasteiger partial charge in [0, 0.05) is 30.0 Å². The summed E-state index contributed by atoms with van der Waals surface area (Å²) in [7, 11) is 2.14. The lowest BCUT2D eigenvalue weighted by molar-refractivity contribution is 0.102. The molecular formula is C25H30N4O2. The van der Waals surface area contributed by atoms with E-state index in [1.54, 1.807) is 0 Å². The predicted octanol–water partition coefficient (Wildman–Crippen LogP) is 4.27. The largest absolute Gasteiger partial charge is 0.490 e. The summed E-state index contributed by atoms with van der Waals surface area (Å²) in [6.45, 7) is 6.87. The van der Waals surface area contributed by atoms with E-state index in [9.17, 15) is 4.79 Å². The number of piperidine rings is 1. The average Bonchev–Trinajstić information content (AvgIpc) is 3.08. The molecule has 31 heavy (non-hydrogen) atoms. The van der Waals surface area contributed by atoms with E-state index < -0.39 is 0 Å². The highest BCUT2D eigenvalue weighted by Crippen LogP contribution is 2.21. The predicted molar refractivity (Wildman–Crippen MR) is 123 cm³/mol. The Balaban J connectivity index is 1.32. The molecule has 4 rings (SSSR count). The molecule has 1 aromatic heterocycles. The standard InChI is InChI=1S/C25H30N4O2/c1-18-16-19(2)29(27-18)17-20-4-6-21(7-5-20)25(30)26-22-8-10-23(11-9-22)31-24-12-14-28(3)15-13-24/h4-11,16,24H,12-15,17H2,1-3H3,(H,26,30). The molecule has 1 N–H and O–H groups in total. The minimum absolute atomic E-state index is 0.123. The number of aromatic nitrogens is 2. The molecule has 6 heteroatoms. The SMILES string of the molecule is Cc1cc(C)n(Cc2ccc(C(=O)Nc3ccc(OC4CCN(C)CC4)cc3)cc2)n1. The first-order valence-electron chi connectivity index (χ1n) is 10.8. The van der Waals surface area contributed by atoms with E-state index in [-0.39, 0.29) is 12.0 Å². The first-order valence-corrected chi connectivity index (χ1v) is 10.8. The van der Waals surface area contributed by atoms with Gasteiger partial charge >= 0.3 is 0 Å². The fraction of sp³-hybridized carbons (Fsp3) is 0.360. The van der Waals surface area contributed by atoms with Gasteiger partial charge in [-0.05, 0) is 81.8 Å². The van der Waals surface area contributed by atoms with Crippen molar-refractivity contribution in [2.24, 2.45) is 0 Å². The number of nitrogens with one attached hydrogen (secondary N) is 1. The van der Waals surface area contributed by atoms with Crippen LogP contribution in [0.15, 0.2) is 54.6 Å². The van der Waals surface area contributed by atoms with E-state index in [0.717, 1.165) is 54.3 Å². The van der Waals surface area contributed by atoms with Crippen molar-refractivity contribution >= 4 is 11.6 Å². The lowest BCUT2D eigenvalue weighted by Gasteiger charge is -2.29. The first kappa shape index (κ1) is 21.1. The molecule has 0 spiro atoms. The molecule has 0 bridgehead atoms. The number of aryl methyl sites for hydroxylation is 2. The molecule has 1 aliphatic heterocycles. The summed E-state index contributed by atoms with van der Waals surface area (Å²) in [5.41, 5.74) is 4.63. The van der Waals surface area contributed by atoms with Crippen LogP contribution in [-0.4, -0.2) is 46.8 Å². The Kier molecular flexibility index (Phi) is 6.37. The number of ether oxygens (including phenoxy) is 1. The Bertz CT molecular complexity index is 1020. The van der Waals surface area contributed by atoms with Crippen molar-refractivity contribution in [1.29, 1.82) is 0 Å². The third-order valence-corrected chi connectivity index (χ3v) is 5.73. The zero-order valence-electron chi connectivity index (χ0n) is 18.5. The van der Waals surface area contributed by atoms with E-state index in [1.165, 1.54) is 0 Å². The van der Waals surface area contributed by atoms with Gasteiger partial charge in [-0.3, -0.25) is 9.48 Å². The Hall–Kier alpha value is -3.12. The second kappa shape index (κ2) is 9.35. The maximum atomic E-state index is 12.6. The number of amides is 1. The molecular weight excluding hydrogens is 388 g/mol. The van der Waals surface area contributed by atoms with Crippen molar-refractivity contribution in [3.63, 3.8) is 0 Å². The summed E-state index contributed by atoms with van der Waals surface area (Å²) < 4.78 is 8.05. The number of likely N-dealkylation sites (tertiary alicyclic amines) is 1. The molecule has 162 valence electrons. The molecule has 1 aliphatic rings. The highest BCUT2D eigenvalue weighted by Gasteiger charge is 2.18. The van der Waals surface area contributed by atoms with Crippen LogP contribution in [-0.2, 0) is 6.54 Å². The highest BCUT2D eigenvalue weighted by atomic mass is 16.5. The monoisotopic (exact) mass is 418 g/mol. The number of hydrogen-bond donors (Lipinski definition) is 1. The Labute approximate surface area is 183 Å². The Morgan fingerprint density at radius 2 is 1.74 bits per heavy atom. The summed E-state index contributed by atoms with van der Waals surface area (Å²) in [4.78, 5) is 14.9.